The van der Waals surface area contributed by atoms with Crippen LogP contribution >= 0.6 is 11.3 Å². The van der Waals surface area contributed by atoms with Crippen molar-refractivity contribution in [3.8, 4) is 21.9 Å². The molecule has 0 fully saturated rings. The Balaban J connectivity index is 0.00000121. The number of ether oxygens (including phenoxy) is 2. The topological polar surface area (TPSA) is 64.6 Å². The van der Waals surface area contributed by atoms with Crippen molar-refractivity contribution in [2.75, 3.05) is 19.5 Å². The average molecular weight is 454 g/mol. The first-order chi connectivity index (χ1) is 15.7. The average Bonchev–Trinajstić information content (AvgIpc) is 3.40. The first-order valence-electron chi connectivity index (χ1n) is 10.5. The molecule has 1 amide bonds. The number of benzene rings is 2. The maximum atomic E-state index is 12.4. The Hall–Kier alpha value is -3.38. The molecule has 0 aliphatic carbocycles. The highest BCUT2D eigenvalue weighted by atomic mass is 32.1. The van der Waals surface area contributed by atoms with Gasteiger partial charge in [-0.25, -0.2) is 0 Å². The number of hydrogen-bond donors (Lipinski definition) is 1. The summed E-state index contributed by atoms with van der Waals surface area (Å²) in [5.74, 6) is 1.13. The van der Waals surface area contributed by atoms with E-state index in [9.17, 15) is 9.59 Å². The maximum Gasteiger partial charge on any atom is 0.211 e. The minimum atomic E-state index is -0.134. The molecular formula is C26H31NO4S. The van der Waals surface area contributed by atoms with Gasteiger partial charge in [-0.3, -0.25) is 9.59 Å². The van der Waals surface area contributed by atoms with Crippen LogP contribution in [-0.4, -0.2) is 26.4 Å². The second-order valence-corrected chi connectivity index (χ2v) is 6.77. The number of hydrogen-bond acceptors (Lipinski definition) is 5. The van der Waals surface area contributed by atoms with Gasteiger partial charge in [0.05, 0.1) is 14.2 Å². The van der Waals surface area contributed by atoms with Crippen LogP contribution < -0.4 is 14.8 Å². The monoisotopic (exact) mass is 453 g/mol. The van der Waals surface area contributed by atoms with E-state index in [2.05, 4.69) is 5.32 Å². The third-order valence-corrected chi connectivity index (χ3v) is 5.01. The Morgan fingerprint density at radius 3 is 2.19 bits per heavy atom. The molecule has 3 rings (SSSR count). The number of anilines is 1. The van der Waals surface area contributed by atoms with Crippen LogP contribution in [0.4, 0.5) is 5.69 Å². The van der Waals surface area contributed by atoms with Crippen molar-refractivity contribution in [2.45, 2.75) is 27.7 Å². The predicted octanol–water partition coefficient (Wildman–Crippen LogP) is 6.95. The molecule has 0 radical (unpaired) electrons. The zero-order chi connectivity index (χ0) is 23.9. The van der Waals surface area contributed by atoms with Gasteiger partial charge in [-0.1, -0.05) is 39.8 Å². The quantitative estimate of drug-likeness (QED) is 0.228. The molecule has 32 heavy (non-hydrogen) atoms. The highest BCUT2D eigenvalue weighted by Crippen LogP contribution is 2.41. The lowest BCUT2D eigenvalue weighted by Crippen LogP contribution is -1.97. The van der Waals surface area contributed by atoms with Gasteiger partial charge in [0.15, 0.2) is 17.3 Å². The van der Waals surface area contributed by atoms with Crippen molar-refractivity contribution < 1.29 is 19.1 Å². The molecule has 0 spiro atoms. The SMILES string of the molecule is CC.CC.COc1cc(/C=C/C(=O)c2ccc(NC=O)cc2)cc(-c2cccs2)c1OC. The molecule has 0 saturated heterocycles. The molecule has 0 bridgehead atoms. The van der Waals surface area contributed by atoms with Crippen molar-refractivity contribution >= 4 is 35.3 Å². The van der Waals surface area contributed by atoms with E-state index < -0.39 is 0 Å². The van der Waals surface area contributed by atoms with Gasteiger partial charge in [0.2, 0.25) is 6.41 Å². The van der Waals surface area contributed by atoms with Gasteiger partial charge in [-0.15, -0.1) is 11.3 Å². The summed E-state index contributed by atoms with van der Waals surface area (Å²) in [6, 6.07) is 14.5. The smallest absolute Gasteiger partial charge is 0.211 e. The minimum absolute atomic E-state index is 0.134. The van der Waals surface area contributed by atoms with E-state index in [0.717, 1.165) is 16.0 Å². The summed E-state index contributed by atoms with van der Waals surface area (Å²) < 4.78 is 11.0. The second kappa shape index (κ2) is 14.6. The Morgan fingerprint density at radius 1 is 0.969 bits per heavy atom. The molecule has 0 aliphatic rings. The van der Waals surface area contributed by atoms with Crippen LogP contribution in [-0.2, 0) is 4.79 Å². The molecule has 3 aromatic rings. The van der Waals surface area contributed by atoms with Crippen molar-refractivity contribution in [1.29, 1.82) is 0 Å². The van der Waals surface area contributed by atoms with Gasteiger partial charge < -0.3 is 14.8 Å². The molecular weight excluding hydrogens is 422 g/mol. The van der Waals surface area contributed by atoms with Crippen LogP contribution in [0.2, 0.25) is 0 Å². The zero-order valence-corrected chi connectivity index (χ0v) is 20.3. The van der Waals surface area contributed by atoms with Gasteiger partial charge in [0.1, 0.15) is 0 Å². The number of carbonyl (C=O) groups excluding carboxylic acids is 2. The van der Waals surface area contributed by atoms with Crippen molar-refractivity contribution in [3.05, 3.63) is 71.1 Å². The molecule has 1 aromatic heterocycles. The summed E-state index contributed by atoms with van der Waals surface area (Å²) in [5, 5.41) is 4.54. The highest BCUT2D eigenvalue weighted by molar-refractivity contribution is 7.13. The summed E-state index contributed by atoms with van der Waals surface area (Å²) in [6.45, 7) is 8.00. The lowest BCUT2D eigenvalue weighted by molar-refractivity contribution is -0.105. The number of ketones is 1. The minimum Gasteiger partial charge on any atom is -0.493 e. The first-order valence-corrected chi connectivity index (χ1v) is 11.4. The third kappa shape index (κ3) is 7.10. The van der Waals surface area contributed by atoms with Gasteiger partial charge >= 0.3 is 0 Å². The number of thiophene rings is 1. The molecule has 1 heterocycles. The molecule has 0 unspecified atom stereocenters. The van der Waals surface area contributed by atoms with Crippen molar-refractivity contribution in [3.63, 3.8) is 0 Å². The fourth-order valence-corrected chi connectivity index (χ4v) is 3.50. The van der Waals surface area contributed by atoms with Crippen LogP contribution in [0.25, 0.3) is 16.5 Å². The second-order valence-electron chi connectivity index (χ2n) is 5.82. The molecule has 0 atom stereocenters. The largest absolute Gasteiger partial charge is 0.493 e. The maximum absolute atomic E-state index is 12.4. The van der Waals surface area contributed by atoms with Crippen LogP contribution in [0.1, 0.15) is 43.6 Å². The standard InChI is InChI=1S/C22H19NO4S.2C2H6/c1-26-20-13-15(12-18(22(20)27-2)21-4-3-11-28-21)5-10-19(25)16-6-8-17(9-7-16)23-14-24;2*1-2/h3-14H,1-2H3,(H,23,24);2*1-2H3/b10-5+;;. The fourth-order valence-electron chi connectivity index (χ4n) is 2.76. The number of methoxy groups -OCH3 is 2. The number of rotatable bonds is 8. The molecule has 0 aliphatic heterocycles. The molecule has 170 valence electrons. The third-order valence-electron chi connectivity index (χ3n) is 4.11. The number of allylic oxidation sites excluding steroid dienone is 1. The van der Waals surface area contributed by atoms with E-state index in [1.54, 1.807) is 55.9 Å². The first kappa shape index (κ1) is 26.7. The lowest BCUT2D eigenvalue weighted by atomic mass is 10.0. The van der Waals surface area contributed by atoms with Gasteiger partial charge in [-0.05, 0) is 59.5 Å². The van der Waals surface area contributed by atoms with Crippen LogP contribution in [0.3, 0.4) is 0 Å². The van der Waals surface area contributed by atoms with E-state index in [-0.39, 0.29) is 5.78 Å². The fraction of sp³-hybridized carbons (Fsp3) is 0.231. The van der Waals surface area contributed by atoms with Crippen LogP contribution in [0, 0.1) is 0 Å². The van der Waals surface area contributed by atoms with Crippen molar-refractivity contribution in [2.24, 2.45) is 0 Å². The molecule has 6 heteroatoms. The molecule has 2 aromatic carbocycles. The van der Waals surface area contributed by atoms with E-state index in [4.69, 9.17) is 9.47 Å². The summed E-state index contributed by atoms with van der Waals surface area (Å²) in [6.07, 6.45) is 3.86. The predicted molar refractivity (Wildman–Crippen MR) is 135 cm³/mol. The highest BCUT2D eigenvalue weighted by Gasteiger charge is 2.14. The Bertz CT molecular complexity index is 993. The Morgan fingerprint density at radius 2 is 1.66 bits per heavy atom. The summed E-state index contributed by atoms with van der Waals surface area (Å²) in [7, 11) is 3.20. The number of amides is 1. The van der Waals surface area contributed by atoms with E-state index in [0.29, 0.717) is 29.2 Å². The molecule has 5 nitrogen and oxygen atoms in total. The lowest BCUT2D eigenvalue weighted by Gasteiger charge is -2.13. The van der Waals surface area contributed by atoms with E-state index >= 15 is 0 Å². The van der Waals surface area contributed by atoms with Gasteiger partial charge in [0.25, 0.3) is 0 Å². The molecule has 0 saturated carbocycles. The number of nitrogens with one attached hydrogen (secondary N) is 1. The van der Waals surface area contributed by atoms with E-state index in [1.807, 2.05) is 57.3 Å². The van der Waals surface area contributed by atoms with Crippen LogP contribution in [0.15, 0.2) is 60.0 Å². The summed E-state index contributed by atoms with van der Waals surface area (Å²) >= 11 is 1.60. The molecule has 1 N–H and O–H groups in total. The summed E-state index contributed by atoms with van der Waals surface area (Å²) in [4.78, 5) is 24.0. The Labute approximate surface area is 194 Å². The summed E-state index contributed by atoms with van der Waals surface area (Å²) in [5.41, 5.74) is 2.91. The zero-order valence-electron chi connectivity index (χ0n) is 19.5. The van der Waals surface area contributed by atoms with Crippen molar-refractivity contribution in [1.82, 2.24) is 0 Å². The van der Waals surface area contributed by atoms with Gasteiger partial charge in [0, 0.05) is 21.7 Å². The normalized spacial score (nSPS) is 9.69. The Kier molecular flexibility index (Phi) is 12.2. The van der Waals surface area contributed by atoms with E-state index in [1.165, 1.54) is 6.08 Å². The van der Waals surface area contributed by atoms with Crippen LogP contribution in [0.5, 0.6) is 11.5 Å². The van der Waals surface area contributed by atoms with Gasteiger partial charge in [-0.2, -0.15) is 0 Å². The number of carbonyl (C=O) groups is 2.